The smallest absolute Gasteiger partial charge is 0.350 e. The number of nitrogens with one attached hydrogen (secondary N) is 2. The molecule has 0 aromatic heterocycles. The number of nitrogens with zero attached hydrogens (tertiary/aromatic N) is 4. The summed E-state index contributed by atoms with van der Waals surface area (Å²) in [6.45, 7) is 2.09. The second-order valence-corrected chi connectivity index (χ2v) is 7.75. The van der Waals surface area contributed by atoms with Crippen molar-refractivity contribution in [2.45, 2.75) is 31.6 Å². The normalized spacial score (nSPS) is 16.0. The highest BCUT2D eigenvalue weighted by atomic mass is 19.4. The number of rotatable bonds is 8. The largest absolute Gasteiger partial charge is 0.416 e. The molecule has 2 atom stereocenters. The minimum Gasteiger partial charge on any atom is -0.350 e. The van der Waals surface area contributed by atoms with E-state index in [1.165, 1.54) is 5.01 Å². The number of hydrogen-bond acceptors (Lipinski definition) is 6. The van der Waals surface area contributed by atoms with E-state index in [9.17, 15) is 32.4 Å². The molecule has 1 aliphatic heterocycles. The van der Waals surface area contributed by atoms with E-state index >= 15 is 0 Å². The molecule has 0 fully saturated rings. The molecule has 184 valence electrons. The van der Waals surface area contributed by atoms with Gasteiger partial charge in [-0.3, -0.25) is 14.6 Å². The number of nitriles is 1. The number of benzene rings is 2. The summed E-state index contributed by atoms with van der Waals surface area (Å²) < 4.78 is 52.3. The Labute approximate surface area is 198 Å². The molecule has 3 rings (SSSR count). The van der Waals surface area contributed by atoms with E-state index in [2.05, 4.69) is 21.0 Å². The van der Waals surface area contributed by atoms with Gasteiger partial charge >= 0.3 is 6.18 Å². The fourth-order valence-electron chi connectivity index (χ4n) is 3.32. The van der Waals surface area contributed by atoms with Gasteiger partial charge in [0.1, 0.15) is 11.9 Å². The summed E-state index contributed by atoms with van der Waals surface area (Å²) in [6.07, 6.45) is -3.87. The first-order valence-corrected chi connectivity index (χ1v) is 10.7. The van der Waals surface area contributed by atoms with Gasteiger partial charge < -0.3 is 10.6 Å². The van der Waals surface area contributed by atoms with Crippen LogP contribution < -0.4 is 10.6 Å². The summed E-state index contributed by atoms with van der Waals surface area (Å²) in [6, 6.07) is 9.18. The molecule has 2 aromatic rings. The van der Waals surface area contributed by atoms with E-state index in [0.29, 0.717) is 23.8 Å². The third kappa shape index (κ3) is 6.53. The third-order valence-corrected chi connectivity index (χ3v) is 5.33. The minimum absolute atomic E-state index is 0.0759. The van der Waals surface area contributed by atoms with Gasteiger partial charge in [-0.15, -0.1) is 0 Å². The first-order valence-electron chi connectivity index (χ1n) is 10.7. The molecule has 35 heavy (non-hydrogen) atoms. The number of carbonyl (C=O) groups excluding carboxylic acids is 2. The zero-order chi connectivity index (χ0) is 25.6. The summed E-state index contributed by atoms with van der Waals surface area (Å²) in [5, 5.41) is 23.5. The van der Waals surface area contributed by atoms with E-state index < -0.39 is 47.0 Å². The average molecular weight is 490 g/mol. The van der Waals surface area contributed by atoms with Crippen molar-refractivity contribution in [3.63, 3.8) is 0 Å². The van der Waals surface area contributed by atoms with Crippen molar-refractivity contribution in [2.75, 3.05) is 19.6 Å². The number of alkyl halides is 3. The first-order chi connectivity index (χ1) is 16.6. The Morgan fingerprint density at radius 2 is 1.94 bits per heavy atom. The second-order valence-electron chi connectivity index (χ2n) is 7.75. The van der Waals surface area contributed by atoms with Gasteiger partial charge in [0, 0.05) is 6.54 Å². The highest BCUT2D eigenvalue weighted by Gasteiger charge is 2.32. The lowest BCUT2D eigenvalue weighted by molar-refractivity contribution is -0.137. The molecule has 2 amide bonds. The standard InChI is InChI=1S/C23H22F4N6O2/c1-2-14-3-5-15(6-4-14)19(12-28)30-22(35)20-13-33(32-31-20)10-9-29-21(34)17-11-16(23(25,26)27)7-8-18(17)24/h3-8,11,19-20H,2,9-10,13H2,1H3,(H,29,34)(H,30,35). The molecule has 0 saturated heterocycles. The van der Waals surface area contributed by atoms with Gasteiger partial charge in [-0.2, -0.15) is 23.5 Å². The monoisotopic (exact) mass is 490 g/mol. The third-order valence-electron chi connectivity index (χ3n) is 5.33. The molecular weight excluding hydrogens is 468 g/mol. The van der Waals surface area contributed by atoms with Crippen LogP contribution in [-0.4, -0.2) is 42.5 Å². The molecule has 0 bridgehead atoms. The summed E-state index contributed by atoms with van der Waals surface area (Å²) in [5.74, 6) is -2.59. The second kappa shape index (κ2) is 10.9. The van der Waals surface area contributed by atoms with Crippen LogP contribution in [-0.2, 0) is 17.4 Å². The van der Waals surface area contributed by atoms with Crippen LogP contribution in [0.4, 0.5) is 17.6 Å². The van der Waals surface area contributed by atoms with E-state index in [4.69, 9.17) is 0 Å². The molecule has 0 aliphatic carbocycles. The van der Waals surface area contributed by atoms with E-state index in [-0.39, 0.29) is 19.6 Å². The van der Waals surface area contributed by atoms with Gasteiger partial charge in [0.05, 0.1) is 30.3 Å². The van der Waals surface area contributed by atoms with E-state index in [1.54, 1.807) is 12.1 Å². The van der Waals surface area contributed by atoms with Crippen LogP contribution >= 0.6 is 0 Å². The average Bonchev–Trinajstić information content (AvgIpc) is 3.31. The number of halogens is 4. The number of carbonyl (C=O) groups is 2. The molecule has 2 unspecified atom stereocenters. The molecule has 1 aliphatic rings. The van der Waals surface area contributed by atoms with Crippen molar-refractivity contribution in [3.8, 4) is 6.07 Å². The van der Waals surface area contributed by atoms with Gasteiger partial charge in [0.2, 0.25) is 5.91 Å². The summed E-state index contributed by atoms with van der Waals surface area (Å²) in [4.78, 5) is 24.7. The first kappa shape index (κ1) is 25.6. The molecule has 0 spiro atoms. The van der Waals surface area contributed by atoms with Crippen molar-refractivity contribution in [3.05, 3.63) is 70.5 Å². The molecule has 1 heterocycles. The summed E-state index contributed by atoms with van der Waals surface area (Å²) in [5.41, 5.74) is -0.132. The highest BCUT2D eigenvalue weighted by Crippen LogP contribution is 2.30. The summed E-state index contributed by atoms with van der Waals surface area (Å²) in [7, 11) is 0. The van der Waals surface area contributed by atoms with Gasteiger partial charge in [-0.05, 0) is 35.7 Å². The summed E-state index contributed by atoms with van der Waals surface area (Å²) >= 11 is 0. The quantitative estimate of drug-likeness (QED) is 0.552. The number of hydrogen-bond donors (Lipinski definition) is 2. The van der Waals surface area contributed by atoms with Crippen LogP contribution in [0.3, 0.4) is 0 Å². The molecule has 2 aromatic carbocycles. The Kier molecular flexibility index (Phi) is 8.01. The Balaban J connectivity index is 1.49. The zero-order valence-corrected chi connectivity index (χ0v) is 18.6. The van der Waals surface area contributed by atoms with Crippen molar-refractivity contribution in [1.82, 2.24) is 15.6 Å². The molecule has 8 nitrogen and oxygen atoms in total. The maximum Gasteiger partial charge on any atom is 0.416 e. The van der Waals surface area contributed by atoms with Crippen LogP contribution in [0.25, 0.3) is 0 Å². The highest BCUT2D eigenvalue weighted by molar-refractivity contribution is 5.94. The predicted molar refractivity (Wildman–Crippen MR) is 116 cm³/mol. The fourth-order valence-corrected chi connectivity index (χ4v) is 3.32. The maximum absolute atomic E-state index is 13.8. The zero-order valence-electron chi connectivity index (χ0n) is 18.6. The molecule has 2 N–H and O–H groups in total. The van der Waals surface area contributed by atoms with Gasteiger partial charge in [0.25, 0.3) is 5.91 Å². The Morgan fingerprint density at radius 3 is 2.57 bits per heavy atom. The Morgan fingerprint density at radius 1 is 1.23 bits per heavy atom. The maximum atomic E-state index is 13.8. The van der Waals surface area contributed by atoms with Crippen LogP contribution in [0.15, 0.2) is 52.8 Å². The molecular formula is C23H22F4N6O2. The van der Waals surface area contributed by atoms with Gasteiger partial charge in [-0.1, -0.05) is 36.4 Å². The Bertz CT molecular complexity index is 1140. The molecule has 12 heteroatoms. The SMILES string of the molecule is CCc1ccc(C(C#N)NC(=O)C2CN(CCNC(=O)c3cc(C(F)(F)F)ccc3F)N=N2)cc1. The predicted octanol–water partition coefficient (Wildman–Crippen LogP) is 3.57. The topological polar surface area (TPSA) is 110 Å². The minimum atomic E-state index is -4.71. The lowest BCUT2D eigenvalue weighted by Gasteiger charge is -2.16. The van der Waals surface area contributed by atoms with Crippen molar-refractivity contribution >= 4 is 11.8 Å². The van der Waals surface area contributed by atoms with Crippen molar-refractivity contribution < 1.29 is 27.2 Å². The number of amides is 2. The van der Waals surface area contributed by atoms with Crippen LogP contribution in [0.1, 0.15) is 40.0 Å². The van der Waals surface area contributed by atoms with Gasteiger partial charge in [0.15, 0.2) is 6.04 Å². The van der Waals surface area contributed by atoms with Crippen LogP contribution in [0.2, 0.25) is 0 Å². The molecule has 0 saturated carbocycles. The van der Waals surface area contributed by atoms with Crippen LogP contribution in [0, 0.1) is 17.1 Å². The molecule has 0 radical (unpaired) electrons. The van der Waals surface area contributed by atoms with E-state index in [1.807, 2.05) is 25.1 Å². The lowest BCUT2D eigenvalue weighted by Crippen LogP contribution is -2.40. The van der Waals surface area contributed by atoms with Crippen molar-refractivity contribution in [2.24, 2.45) is 10.3 Å². The van der Waals surface area contributed by atoms with Crippen molar-refractivity contribution in [1.29, 1.82) is 5.26 Å². The fraction of sp³-hybridized carbons (Fsp3) is 0.348. The lowest BCUT2D eigenvalue weighted by atomic mass is 10.0. The van der Waals surface area contributed by atoms with Crippen LogP contribution in [0.5, 0.6) is 0 Å². The number of aryl methyl sites for hydroxylation is 1. The Hall–Kier alpha value is -4.01. The van der Waals surface area contributed by atoms with E-state index in [0.717, 1.165) is 12.0 Å². The van der Waals surface area contributed by atoms with Gasteiger partial charge in [-0.25, -0.2) is 4.39 Å².